The van der Waals surface area contributed by atoms with E-state index in [1.807, 2.05) is 0 Å². The first-order chi connectivity index (χ1) is 14.6. The van der Waals surface area contributed by atoms with Gasteiger partial charge in [-0.1, -0.05) is 25.0 Å². The number of carbonyl (C=O) groups excluding carboxylic acids is 1. The number of halogens is 1. The Morgan fingerprint density at radius 2 is 1.83 bits per heavy atom. The van der Waals surface area contributed by atoms with Crippen LogP contribution in [0, 0.1) is 11.7 Å². The molecule has 3 aromatic rings. The quantitative estimate of drug-likeness (QED) is 0.655. The van der Waals surface area contributed by atoms with Crippen molar-refractivity contribution in [3.8, 4) is 11.4 Å². The summed E-state index contributed by atoms with van der Waals surface area (Å²) in [5.41, 5.74) is 1.80. The molecule has 0 radical (unpaired) electrons. The van der Waals surface area contributed by atoms with E-state index >= 15 is 0 Å². The maximum absolute atomic E-state index is 13.4. The maximum atomic E-state index is 13.4. The second kappa shape index (κ2) is 8.98. The number of benzene rings is 1. The molecule has 6 nitrogen and oxygen atoms in total. The molecule has 1 aliphatic carbocycles. The van der Waals surface area contributed by atoms with E-state index in [-0.39, 0.29) is 23.2 Å². The summed E-state index contributed by atoms with van der Waals surface area (Å²) in [6, 6.07) is 10.6. The molecule has 1 aromatic carbocycles. The summed E-state index contributed by atoms with van der Waals surface area (Å²) >= 11 is 0. The molecule has 0 aliphatic heterocycles. The van der Waals surface area contributed by atoms with Crippen molar-refractivity contribution in [1.82, 2.24) is 20.3 Å². The summed E-state index contributed by atoms with van der Waals surface area (Å²) in [6.45, 7) is 0. The van der Waals surface area contributed by atoms with E-state index in [0.717, 1.165) is 36.8 Å². The minimum absolute atomic E-state index is 0.000947. The van der Waals surface area contributed by atoms with E-state index in [1.54, 1.807) is 36.7 Å². The van der Waals surface area contributed by atoms with Gasteiger partial charge >= 0.3 is 0 Å². The normalized spacial score (nSPS) is 15.1. The van der Waals surface area contributed by atoms with Crippen molar-refractivity contribution in [2.45, 2.75) is 38.1 Å². The number of rotatable bonds is 6. The smallest absolute Gasteiger partial charge is 0.251 e. The number of carbonyl (C=O) groups is 1. The molecule has 1 atom stereocenters. The average Bonchev–Trinajstić information content (AvgIpc) is 3.29. The van der Waals surface area contributed by atoms with Gasteiger partial charge in [0.25, 0.3) is 5.56 Å². The molecule has 4 rings (SSSR count). The van der Waals surface area contributed by atoms with Gasteiger partial charge in [0.15, 0.2) is 0 Å². The van der Waals surface area contributed by atoms with Crippen molar-refractivity contribution in [1.29, 1.82) is 0 Å². The van der Waals surface area contributed by atoms with E-state index in [4.69, 9.17) is 0 Å². The van der Waals surface area contributed by atoms with Gasteiger partial charge in [0.2, 0.25) is 5.91 Å². The summed E-state index contributed by atoms with van der Waals surface area (Å²) in [6.07, 6.45) is 7.48. The number of H-pyrrole nitrogens is 1. The molecule has 1 saturated carbocycles. The molecule has 2 aromatic heterocycles. The van der Waals surface area contributed by atoms with Gasteiger partial charge in [0.05, 0.1) is 11.7 Å². The zero-order chi connectivity index (χ0) is 20.9. The molecule has 0 bridgehead atoms. The van der Waals surface area contributed by atoms with Crippen LogP contribution in [0.5, 0.6) is 0 Å². The SMILES string of the molecule is O=C(N[C@H](Cc1cc(=O)[nH]c(-c2ccncc2)n1)c1ccc(F)cc1)C1CCCC1. The zero-order valence-electron chi connectivity index (χ0n) is 16.5. The fraction of sp³-hybridized carbons (Fsp3) is 0.304. The van der Waals surface area contributed by atoms with Crippen LogP contribution in [0.3, 0.4) is 0 Å². The van der Waals surface area contributed by atoms with Gasteiger partial charge < -0.3 is 10.3 Å². The highest BCUT2D eigenvalue weighted by atomic mass is 19.1. The average molecular weight is 406 g/mol. The van der Waals surface area contributed by atoms with E-state index in [9.17, 15) is 14.0 Å². The van der Waals surface area contributed by atoms with Gasteiger partial charge in [-0.2, -0.15) is 0 Å². The van der Waals surface area contributed by atoms with E-state index in [2.05, 4.69) is 20.3 Å². The molecule has 7 heteroatoms. The third kappa shape index (κ3) is 4.79. The summed E-state index contributed by atoms with van der Waals surface area (Å²) in [7, 11) is 0. The molecular weight excluding hydrogens is 383 g/mol. The monoisotopic (exact) mass is 406 g/mol. The van der Waals surface area contributed by atoms with Gasteiger partial charge in [-0.3, -0.25) is 14.6 Å². The molecule has 0 saturated heterocycles. The van der Waals surface area contributed by atoms with Crippen molar-refractivity contribution < 1.29 is 9.18 Å². The number of nitrogens with one attached hydrogen (secondary N) is 2. The maximum Gasteiger partial charge on any atom is 0.251 e. The van der Waals surface area contributed by atoms with Gasteiger partial charge in [-0.25, -0.2) is 9.37 Å². The third-order valence-electron chi connectivity index (χ3n) is 5.48. The second-order valence-electron chi connectivity index (χ2n) is 7.62. The van der Waals surface area contributed by atoms with Crippen molar-refractivity contribution in [3.05, 3.63) is 82.3 Å². The predicted octanol–water partition coefficient (Wildman–Crippen LogP) is 3.56. The lowest BCUT2D eigenvalue weighted by atomic mass is 9.99. The van der Waals surface area contributed by atoms with Gasteiger partial charge in [-0.15, -0.1) is 0 Å². The summed E-state index contributed by atoms with van der Waals surface area (Å²) in [4.78, 5) is 36.3. The van der Waals surface area contributed by atoms with Crippen LogP contribution in [0.15, 0.2) is 59.7 Å². The largest absolute Gasteiger partial charge is 0.349 e. The highest BCUT2D eigenvalue weighted by molar-refractivity contribution is 5.79. The van der Waals surface area contributed by atoms with Crippen molar-refractivity contribution in [2.24, 2.45) is 5.92 Å². The van der Waals surface area contributed by atoms with Gasteiger partial charge in [-0.05, 0) is 42.7 Å². The molecule has 1 fully saturated rings. The number of nitrogens with zero attached hydrogens (tertiary/aromatic N) is 2. The van der Waals surface area contributed by atoms with Crippen LogP contribution in [-0.2, 0) is 11.2 Å². The van der Waals surface area contributed by atoms with Crippen LogP contribution in [0.1, 0.15) is 43.0 Å². The first kappa shape index (κ1) is 19.9. The van der Waals surface area contributed by atoms with E-state index in [0.29, 0.717) is 17.9 Å². The molecule has 0 spiro atoms. The highest BCUT2D eigenvalue weighted by Gasteiger charge is 2.26. The Morgan fingerprint density at radius 3 is 2.53 bits per heavy atom. The highest BCUT2D eigenvalue weighted by Crippen LogP contribution is 2.27. The molecule has 1 amide bonds. The number of hydrogen-bond donors (Lipinski definition) is 2. The topological polar surface area (TPSA) is 87.7 Å². The van der Waals surface area contributed by atoms with Crippen LogP contribution in [-0.4, -0.2) is 20.9 Å². The minimum atomic E-state index is -0.404. The lowest BCUT2D eigenvalue weighted by Crippen LogP contribution is -2.34. The lowest BCUT2D eigenvalue weighted by molar-refractivity contribution is -0.125. The Bertz CT molecular complexity index is 1060. The van der Waals surface area contributed by atoms with Crippen LogP contribution < -0.4 is 10.9 Å². The van der Waals surface area contributed by atoms with Crippen molar-refractivity contribution in [3.63, 3.8) is 0 Å². The van der Waals surface area contributed by atoms with Gasteiger partial charge in [0, 0.05) is 36.4 Å². The number of aromatic nitrogens is 3. The molecule has 2 N–H and O–H groups in total. The first-order valence-electron chi connectivity index (χ1n) is 10.1. The lowest BCUT2D eigenvalue weighted by Gasteiger charge is -2.21. The molecule has 154 valence electrons. The van der Waals surface area contributed by atoms with Crippen LogP contribution >= 0.6 is 0 Å². The molecule has 0 unspecified atom stereocenters. The van der Waals surface area contributed by atoms with E-state index < -0.39 is 6.04 Å². The summed E-state index contributed by atoms with van der Waals surface area (Å²) in [5, 5.41) is 3.10. The third-order valence-corrected chi connectivity index (χ3v) is 5.48. The number of aromatic amines is 1. The molecule has 2 heterocycles. The Kier molecular flexibility index (Phi) is 5.97. The Hall–Kier alpha value is -3.35. The fourth-order valence-electron chi connectivity index (χ4n) is 3.89. The number of pyridine rings is 1. The van der Waals surface area contributed by atoms with Crippen LogP contribution in [0.25, 0.3) is 11.4 Å². The van der Waals surface area contributed by atoms with E-state index in [1.165, 1.54) is 18.2 Å². The fourth-order valence-corrected chi connectivity index (χ4v) is 3.89. The zero-order valence-corrected chi connectivity index (χ0v) is 16.5. The molecule has 30 heavy (non-hydrogen) atoms. The van der Waals surface area contributed by atoms with Crippen molar-refractivity contribution in [2.75, 3.05) is 0 Å². The summed E-state index contributed by atoms with van der Waals surface area (Å²) < 4.78 is 13.4. The van der Waals surface area contributed by atoms with Gasteiger partial charge in [0.1, 0.15) is 11.6 Å². The predicted molar refractivity (Wildman–Crippen MR) is 111 cm³/mol. The second-order valence-corrected chi connectivity index (χ2v) is 7.62. The Labute approximate surface area is 173 Å². The minimum Gasteiger partial charge on any atom is -0.349 e. The summed E-state index contributed by atoms with van der Waals surface area (Å²) in [5.74, 6) is 0.113. The standard InChI is InChI=1S/C23H23FN4O2/c24-18-7-5-15(6-8-18)20(27-23(30)17-3-1-2-4-17)13-19-14-21(29)28-22(26-19)16-9-11-25-12-10-16/h5-12,14,17,20H,1-4,13H2,(H,27,30)(H,26,28,29)/t20-/m1/s1. The van der Waals surface area contributed by atoms with Crippen LogP contribution in [0.4, 0.5) is 4.39 Å². The molecule has 1 aliphatic rings. The molecular formula is C23H23FN4O2. The first-order valence-corrected chi connectivity index (χ1v) is 10.1. The number of hydrogen-bond acceptors (Lipinski definition) is 4. The van der Waals surface area contributed by atoms with Crippen molar-refractivity contribution >= 4 is 5.91 Å². The Balaban J connectivity index is 1.62. The Morgan fingerprint density at radius 1 is 1.13 bits per heavy atom. The van der Waals surface area contributed by atoms with Crippen LogP contribution in [0.2, 0.25) is 0 Å². The number of amides is 1.